The summed E-state index contributed by atoms with van der Waals surface area (Å²) in [7, 11) is 0. The molecule has 1 aliphatic rings. The van der Waals surface area contributed by atoms with Crippen molar-refractivity contribution in [1.29, 1.82) is 0 Å². The third-order valence-corrected chi connectivity index (χ3v) is 2.44. The average Bonchev–Trinajstić information content (AvgIpc) is 2.42. The third kappa shape index (κ3) is 1.20. The van der Waals surface area contributed by atoms with Gasteiger partial charge in [-0.2, -0.15) is 0 Å². The van der Waals surface area contributed by atoms with Crippen LogP contribution in [0.25, 0.3) is 0 Å². The van der Waals surface area contributed by atoms with Crippen LogP contribution in [-0.2, 0) is 0 Å². The summed E-state index contributed by atoms with van der Waals surface area (Å²) in [4.78, 5) is 22.3. The summed E-state index contributed by atoms with van der Waals surface area (Å²) < 4.78 is 0. The number of nitrogens with two attached hydrogens (primary N) is 2. The van der Waals surface area contributed by atoms with Gasteiger partial charge in [0.15, 0.2) is 5.78 Å². The van der Waals surface area contributed by atoms with E-state index < -0.39 is 5.91 Å². The molecular formula is C10H10N2O2. The van der Waals surface area contributed by atoms with E-state index in [1.165, 1.54) is 6.07 Å². The van der Waals surface area contributed by atoms with Gasteiger partial charge in [0.1, 0.15) is 0 Å². The van der Waals surface area contributed by atoms with Gasteiger partial charge in [0, 0.05) is 23.6 Å². The van der Waals surface area contributed by atoms with E-state index in [9.17, 15) is 9.59 Å². The fourth-order valence-corrected chi connectivity index (χ4v) is 1.69. The summed E-state index contributed by atoms with van der Waals surface area (Å²) in [5, 5.41) is 0. The van der Waals surface area contributed by atoms with Gasteiger partial charge in [0.25, 0.3) is 0 Å². The van der Waals surface area contributed by atoms with Crippen molar-refractivity contribution in [3.05, 3.63) is 34.9 Å². The van der Waals surface area contributed by atoms with E-state index in [-0.39, 0.29) is 11.8 Å². The highest BCUT2D eigenvalue weighted by Gasteiger charge is 2.26. The monoisotopic (exact) mass is 190 g/mol. The second-order valence-corrected chi connectivity index (χ2v) is 3.40. The van der Waals surface area contributed by atoms with Crippen LogP contribution >= 0.6 is 0 Å². The van der Waals surface area contributed by atoms with Crippen LogP contribution in [0.2, 0.25) is 0 Å². The molecule has 0 saturated heterocycles. The highest BCUT2D eigenvalue weighted by Crippen LogP contribution is 2.29. The highest BCUT2D eigenvalue weighted by atomic mass is 16.1. The number of benzene rings is 1. The largest absolute Gasteiger partial charge is 0.366 e. The van der Waals surface area contributed by atoms with Crippen molar-refractivity contribution in [3.63, 3.8) is 0 Å². The van der Waals surface area contributed by atoms with Crippen molar-refractivity contribution >= 4 is 11.7 Å². The molecule has 1 amide bonds. The topological polar surface area (TPSA) is 86.2 Å². The Bertz CT molecular complexity index is 426. The zero-order chi connectivity index (χ0) is 10.3. The predicted molar refractivity (Wildman–Crippen MR) is 50.8 cm³/mol. The van der Waals surface area contributed by atoms with Crippen molar-refractivity contribution in [2.24, 2.45) is 11.5 Å². The second-order valence-electron chi connectivity index (χ2n) is 3.40. The summed E-state index contributed by atoms with van der Waals surface area (Å²) in [6.45, 7) is 0. The van der Waals surface area contributed by atoms with Crippen LogP contribution in [0, 0.1) is 0 Å². The van der Waals surface area contributed by atoms with Crippen LogP contribution in [0.1, 0.15) is 38.7 Å². The van der Waals surface area contributed by atoms with Gasteiger partial charge in [-0.05, 0) is 17.7 Å². The predicted octanol–water partition coefficient (Wildman–Crippen LogP) is 0.372. The second kappa shape index (κ2) is 2.92. The molecule has 2 rings (SSSR count). The third-order valence-electron chi connectivity index (χ3n) is 2.44. The number of carbonyl (C=O) groups is 2. The minimum absolute atomic E-state index is 0.0180. The van der Waals surface area contributed by atoms with Crippen molar-refractivity contribution < 1.29 is 9.59 Å². The first-order valence-corrected chi connectivity index (χ1v) is 4.32. The van der Waals surface area contributed by atoms with Gasteiger partial charge in [0.05, 0.1) is 0 Å². The fourth-order valence-electron chi connectivity index (χ4n) is 1.69. The quantitative estimate of drug-likeness (QED) is 0.670. The first kappa shape index (κ1) is 8.90. The molecule has 0 fully saturated rings. The average molecular weight is 190 g/mol. The molecule has 0 aliphatic heterocycles. The number of Topliss-reactive ketones (excluding diaryl/α,β-unsaturated/α-hetero) is 1. The molecule has 4 nitrogen and oxygen atoms in total. The number of rotatable bonds is 1. The van der Waals surface area contributed by atoms with Gasteiger partial charge < -0.3 is 11.5 Å². The highest BCUT2D eigenvalue weighted by molar-refractivity contribution is 6.03. The molecule has 0 aromatic heterocycles. The minimum Gasteiger partial charge on any atom is -0.366 e. The van der Waals surface area contributed by atoms with Crippen LogP contribution in [0.15, 0.2) is 18.2 Å². The molecule has 72 valence electrons. The number of amides is 1. The lowest BCUT2D eigenvalue weighted by atomic mass is 10.0. The number of hydrogen-bond donors (Lipinski definition) is 2. The molecule has 1 aromatic carbocycles. The summed E-state index contributed by atoms with van der Waals surface area (Å²) in [5.41, 5.74) is 12.5. The van der Waals surface area contributed by atoms with Gasteiger partial charge in [-0.3, -0.25) is 9.59 Å². The zero-order valence-electron chi connectivity index (χ0n) is 7.49. The lowest BCUT2D eigenvalue weighted by Crippen LogP contribution is -2.12. The Morgan fingerprint density at radius 3 is 2.79 bits per heavy atom. The molecule has 1 atom stereocenters. The van der Waals surface area contributed by atoms with E-state index in [0.29, 0.717) is 17.5 Å². The molecule has 0 saturated carbocycles. The molecule has 1 aromatic rings. The zero-order valence-corrected chi connectivity index (χ0v) is 7.49. The van der Waals surface area contributed by atoms with Crippen molar-refractivity contribution in [3.8, 4) is 0 Å². The maximum atomic E-state index is 11.4. The van der Waals surface area contributed by atoms with Gasteiger partial charge in [-0.1, -0.05) is 6.07 Å². The van der Waals surface area contributed by atoms with Crippen molar-refractivity contribution in [2.45, 2.75) is 12.5 Å². The Hall–Kier alpha value is -1.68. The van der Waals surface area contributed by atoms with E-state index in [1.54, 1.807) is 12.1 Å². The molecule has 0 spiro atoms. The molecule has 0 radical (unpaired) electrons. The SMILES string of the molecule is NC(=O)c1ccc2c(c1)C(=O)CC2N. The van der Waals surface area contributed by atoms with Gasteiger partial charge in [-0.15, -0.1) is 0 Å². The van der Waals surface area contributed by atoms with Crippen LogP contribution in [0.3, 0.4) is 0 Å². The summed E-state index contributed by atoms with van der Waals surface area (Å²) >= 11 is 0. The fraction of sp³-hybridized carbons (Fsp3) is 0.200. The van der Waals surface area contributed by atoms with Gasteiger partial charge >= 0.3 is 0 Å². The first-order chi connectivity index (χ1) is 6.59. The smallest absolute Gasteiger partial charge is 0.248 e. The molecule has 0 heterocycles. The Kier molecular flexibility index (Phi) is 1.86. The van der Waals surface area contributed by atoms with Crippen molar-refractivity contribution in [2.75, 3.05) is 0 Å². The maximum absolute atomic E-state index is 11.4. The van der Waals surface area contributed by atoms with Crippen molar-refractivity contribution in [1.82, 2.24) is 0 Å². The van der Waals surface area contributed by atoms with Gasteiger partial charge in [0.2, 0.25) is 5.91 Å². The summed E-state index contributed by atoms with van der Waals surface area (Å²) in [6, 6.07) is 4.58. The Morgan fingerprint density at radius 2 is 2.14 bits per heavy atom. The number of ketones is 1. The van der Waals surface area contributed by atoms with E-state index >= 15 is 0 Å². The first-order valence-electron chi connectivity index (χ1n) is 4.32. The normalized spacial score (nSPS) is 19.5. The molecule has 4 heteroatoms. The molecule has 1 unspecified atom stereocenters. The number of primary amides is 1. The summed E-state index contributed by atoms with van der Waals surface area (Å²) in [6.07, 6.45) is 0.317. The Balaban J connectivity index is 2.55. The molecule has 0 bridgehead atoms. The molecule has 1 aliphatic carbocycles. The number of carbonyl (C=O) groups excluding carboxylic acids is 2. The molecule has 4 N–H and O–H groups in total. The van der Waals surface area contributed by atoms with E-state index in [2.05, 4.69) is 0 Å². The standard InChI is InChI=1S/C10H10N2O2/c11-8-4-9(13)7-3-5(10(12)14)1-2-6(7)8/h1-3,8H,4,11H2,(H2,12,14). The van der Waals surface area contributed by atoms with Crippen LogP contribution < -0.4 is 11.5 Å². The Labute approximate surface area is 80.9 Å². The molecule has 14 heavy (non-hydrogen) atoms. The van der Waals surface area contributed by atoms with Crippen LogP contribution in [0.5, 0.6) is 0 Å². The number of fused-ring (bicyclic) bond motifs is 1. The summed E-state index contributed by atoms with van der Waals surface area (Å²) in [5.74, 6) is -0.545. The minimum atomic E-state index is -0.527. The van der Waals surface area contributed by atoms with E-state index in [1.807, 2.05) is 0 Å². The lowest BCUT2D eigenvalue weighted by Gasteiger charge is -2.03. The van der Waals surface area contributed by atoms with E-state index in [4.69, 9.17) is 11.5 Å². The van der Waals surface area contributed by atoms with E-state index in [0.717, 1.165) is 5.56 Å². The Morgan fingerprint density at radius 1 is 1.43 bits per heavy atom. The maximum Gasteiger partial charge on any atom is 0.248 e. The lowest BCUT2D eigenvalue weighted by molar-refractivity contribution is 0.0989. The number of hydrogen-bond acceptors (Lipinski definition) is 3. The van der Waals surface area contributed by atoms with Crippen LogP contribution in [-0.4, -0.2) is 11.7 Å². The van der Waals surface area contributed by atoms with Gasteiger partial charge in [-0.25, -0.2) is 0 Å². The van der Waals surface area contributed by atoms with Crippen LogP contribution in [0.4, 0.5) is 0 Å². The molecular weight excluding hydrogens is 180 g/mol.